The minimum Gasteiger partial charge on any atom is -0.507 e. The quantitative estimate of drug-likeness (QED) is 0.774. The van der Waals surface area contributed by atoms with E-state index >= 15 is 0 Å². The van der Waals surface area contributed by atoms with Crippen LogP contribution < -0.4 is 0 Å². The summed E-state index contributed by atoms with van der Waals surface area (Å²) in [6.07, 6.45) is -5.37. The second-order valence-electron chi connectivity index (χ2n) is 2.69. The van der Waals surface area contributed by atoms with Gasteiger partial charge < -0.3 is 5.11 Å². The molecule has 0 aliphatic carbocycles. The fraction of sp³-hybridized carbons (Fsp3) is 0.250. The van der Waals surface area contributed by atoms with E-state index in [4.69, 9.17) is 16.7 Å². The first-order valence-corrected chi connectivity index (χ1v) is 4.99. The van der Waals surface area contributed by atoms with Gasteiger partial charge in [0, 0.05) is 5.02 Å². The van der Waals surface area contributed by atoms with Gasteiger partial charge in [-0.05, 0) is 40.3 Å². The Morgan fingerprint density at radius 3 is 2.43 bits per heavy atom. The first-order chi connectivity index (χ1) is 6.29. The average molecular weight is 336 g/mol. The van der Waals surface area contributed by atoms with Crippen LogP contribution in [0, 0.1) is 3.57 Å². The highest BCUT2D eigenvalue weighted by Gasteiger charge is 2.29. The molecule has 78 valence electrons. The molecule has 0 fully saturated rings. The molecule has 0 radical (unpaired) electrons. The SMILES string of the molecule is Oc1cc(Cl)c(CC(F)(F)F)cc1I. The van der Waals surface area contributed by atoms with Gasteiger partial charge in [-0.15, -0.1) is 0 Å². The monoisotopic (exact) mass is 336 g/mol. The molecule has 0 aliphatic rings. The summed E-state index contributed by atoms with van der Waals surface area (Å²) >= 11 is 7.29. The van der Waals surface area contributed by atoms with Crippen LogP contribution in [0.1, 0.15) is 5.56 Å². The fourth-order valence-corrected chi connectivity index (χ4v) is 1.69. The van der Waals surface area contributed by atoms with Gasteiger partial charge >= 0.3 is 6.18 Å². The Balaban J connectivity index is 3.04. The number of phenols is 1. The largest absolute Gasteiger partial charge is 0.507 e. The highest BCUT2D eigenvalue weighted by atomic mass is 127. The van der Waals surface area contributed by atoms with Crippen molar-refractivity contribution in [3.05, 3.63) is 26.3 Å². The summed E-state index contributed by atoms with van der Waals surface area (Å²) < 4.78 is 36.4. The summed E-state index contributed by atoms with van der Waals surface area (Å²) in [7, 11) is 0. The van der Waals surface area contributed by atoms with Crippen molar-refractivity contribution < 1.29 is 18.3 Å². The van der Waals surface area contributed by atoms with E-state index < -0.39 is 12.6 Å². The molecule has 0 unspecified atom stereocenters. The molecule has 6 heteroatoms. The maximum Gasteiger partial charge on any atom is 0.393 e. The molecule has 0 spiro atoms. The van der Waals surface area contributed by atoms with Gasteiger partial charge in [0.15, 0.2) is 0 Å². The third kappa shape index (κ3) is 3.20. The van der Waals surface area contributed by atoms with Gasteiger partial charge in [-0.2, -0.15) is 13.2 Å². The molecule has 0 aromatic heterocycles. The van der Waals surface area contributed by atoms with Gasteiger partial charge in [0.25, 0.3) is 0 Å². The number of alkyl halides is 3. The Hall–Kier alpha value is -0.170. The maximum absolute atomic E-state index is 12.0. The number of hydrogen-bond donors (Lipinski definition) is 1. The van der Waals surface area contributed by atoms with Gasteiger partial charge in [-0.1, -0.05) is 11.6 Å². The first-order valence-electron chi connectivity index (χ1n) is 3.53. The summed E-state index contributed by atoms with van der Waals surface area (Å²) in [4.78, 5) is 0. The van der Waals surface area contributed by atoms with Crippen molar-refractivity contribution in [1.82, 2.24) is 0 Å². The molecule has 1 aromatic rings. The molecule has 0 amide bonds. The summed E-state index contributed by atoms with van der Waals surface area (Å²) in [5, 5.41) is 9.08. The lowest BCUT2D eigenvalue weighted by molar-refractivity contribution is -0.127. The molecular formula is C8H5ClF3IO. The Bertz CT molecular complexity index is 351. The maximum atomic E-state index is 12.0. The smallest absolute Gasteiger partial charge is 0.393 e. The van der Waals surface area contributed by atoms with Crippen molar-refractivity contribution in [1.29, 1.82) is 0 Å². The summed E-state index contributed by atoms with van der Waals surface area (Å²) in [6, 6.07) is 2.34. The number of halogens is 5. The zero-order chi connectivity index (χ0) is 10.9. The van der Waals surface area contributed by atoms with Crippen LogP contribution in [-0.2, 0) is 6.42 Å². The van der Waals surface area contributed by atoms with Crippen molar-refractivity contribution in [2.24, 2.45) is 0 Å². The summed E-state index contributed by atoms with van der Waals surface area (Å²) in [6.45, 7) is 0. The Labute approximate surface area is 97.0 Å². The molecule has 1 rings (SSSR count). The van der Waals surface area contributed by atoms with E-state index in [1.165, 1.54) is 6.07 Å². The lowest BCUT2D eigenvalue weighted by atomic mass is 10.1. The zero-order valence-corrected chi connectivity index (χ0v) is 9.61. The van der Waals surface area contributed by atoms with Gasteiger partial charge in [0.1, 0.15) is 5.75 Å². The van der Waals surface area contributed by atoms with E-state index in [1.807, 2.05) is 0 Å². The average Bonchev–Trinajstić information content (AvgIpc) is 1.97. The Morgan fingerprint density at radius 2 is 1.93 bits per heavy atom. The summed E-state index contributed by atoms with van der Waals surface area (Å²) in [5.41, 5.74) is -0.0265. The molecule has 1 aromatic carbocycles. The second-order valence-corrected chi connectivity index (χ2v) is 4.26. The summed E-state index contributed by atoms with van der Waals surface area (Å²) in [5.74, 6) is -0.110. The van der Waals surface area contributed by atoms with Crippen LogP contribution in [0.4, 0.5) is 13.2 Å². The molecule has 1 N–H and O–H groups in total. The molecule has 1 nitrogen and oxygen atoms in total. The number of aromatic hydroxyl groups is 1. The third-order valence-corrected chi connectivity index (χ3v) is 2.72. The van der Waals surface area contributed by atoms with Crippen molar-refractivity contribution in [2.45, 2.75) is 12.6 Å². The van der Waals surface area contributed by atoms with Crippen LogP contribution in [0.3, 0.4) is 0 Å². The number of phenolic OH excluding ortho intramolecular Hbond substituents is 1. The van der Waals surface area contributed by atoms with Crippen LogP contribution in [0.15, 0.2) is 12.1 Å². The topological polar surface area (TPSA) is 20.2 Å². The molecule has 14 heavy (non-hydrogen) atoms. The fourth-order valence-electron chi connectivity index (χ4n) is 0.929. The van der Waals surface area contributed by atoms with Crippen molar-refractivity contribution in [3.63, 3.8) is 0 Å². The molecule has 0 saturated heterocycles. The van der Waals surface area contributed by atoms with Gasteiger partial charge in [0.05, 0.1) is 9.99 Å². The first kappa shape index (κ1) is 11.9. The number of hydrogen-bond acceptors (Lipinski definition) is 1. The third-order valence-electron chi connectivity index (χ3n) is 1.51. The van der Waals surface area contributed by atoms with Crippen LogP contribution in [0.25, 0.3) is 0 Å². The van der Waals surface area contributed by atoms with Gasteiger partial charge in [0.2, 0.25) is 0 Å². The number of benzene rings is 1. The van der Waals surface area contributed by atoms with Gasteiger partial charge in [-0.3, -0.25) is 0 Å². The molecule has 0 saturated carbocycles. The van der Waals surface area contributed by atoms with E-state index in [9.17, 15) is 13.2 Å². The van der Waals surface area contributed by atoms with Crippen molar-refractivity contribution >= 4 is 34.2 Å². The standard InChI is InChI=1S/C8H5ClF3IO/c9-5-2-7(14)6(13)1-4(5)3-8(10,11)12/h1-2,14H,3H2. The molecule has 0 aliphatic heterocycles. The molecule has 0 bridgehead atoms. The van der Waals surface area contributed by atoms with Crippen molar-refractivity contribution in [2.75, 3.05) is 0 Å². The second kappa shape index (κ2) is 4.14. The minimum atomic E-state index is -4.29. The lowest BCUT2D eigenvalue weighted by Crippen LogP contribution is -2.12. The number of rotatable bonds is 1. The lowest BCUT2D eigenvalue weighted by Gasteiger charge is -2.09. The van der Waals surface area contributed by atoms with E-state index in [-0.39, 0.29) is 16.3 Å². The van der Waals surface area contributed by atoms with Crippen LogP contribution in [0.5, 0.6) is 5.75 Å². The predicted octanol–water partition coefficient (Wildman–Crippen LogP) is 3.76. The zero-order valence-electron chi connectivity index (χ0n) is 6.70. The highest BCUT2D eigenvalue weighted by Crippen LogP contribution is 2.31. The Kier molecular flexibility index (Phi) is 3.52. The van der Waals surface area contributed by atoms with E-state index in [0.717, 1.165) is 6.07 Å². The van der Waals surface area contributed by atoms with E-state index in [1.54, 1.807) is 22.6 Å². The van der Waals surface area contributed by atoms with Gasteiger partial charge in [-0.25, -0.2) is 0 Å². The van der Waals surface area contributed by atoms with Crippen LogP contribution in [0.2, 0.25) is 5.02 Å². The normalized spacial score (nSPS) is 11.8. The van der Waals surface area contributed by atoms with Crippen LogP contribution >= 0.6 is 34.2 Å². The Morgan fingerprint density at radius 1 is 1.36 bits per heavy atom. The molecule has 0 atom stereocenters. The highest BCUT2D eigenvalue weighted by molar-refractivity contribution is 14.1. The predicted molar refractivity (Wildman–Crippen MR) is 55.6 cm³/mol. The minimum absolute atomic E-state index is 0.0265. The molecular weight excluding hydrogens is 331 g/mol. The van der Waals surface area contributed by atoms with Crippen molar-refractivity contribution in [3.8, 4) is 5.75 Å². The van der Waals surface area contributed by atoms with Crippen LogP contribution in [-0.4, -0.2) is 11.3 Å². The molecule has 0 heterocycles. The van der Waals surface area contributed by atoms with E-state index in [2.05, 4.69) is 0 Å². The van der Waals surface area contributed by atoms with E-state index in [0.29, 0.717) is 3.57 Å².